The first-order valence-electron chi connectivity index (χ1n) is 9.05. The molecule has 3 rings (SSSR count). The standard InChI is InChI=1S/C22H18ClF2NO4S/c1-31(28,29)19-13-16(9-12-18(19)23)21(27)26-20(14-5-3-2-4-6-14)15-7-10-17(11-8-15)30-22(24)25/h2-13,20,22H,1H3,(H,26,27). The number of benzene rings is 3. The number of rotatable bonds is 7. The molecule has 0 aliphatic carbocycles. The lowest BCUT2D eigenvalue weighted by molar-refractivity contribution is -0.0498. The minimum Gasteiger partial charge on any atom is -0.435 e. The average Bonchev–Trinajstić information content (AvgIpc) is 2.72. The summed E-state index contributed by atoms with van der Waals surface area (Å²) in [5.41, 5.74) is 1.48. The van der Waals surface area contributed by atoms with Gasteiger partial charge in [0.1, 0.15) is 5.75 Å². The Kier molecular flexibility index (Phi) is 6.92. The molecule has 1 unspecified atom stereocenters. The summed E-state index contributed by atoms with van der Waals surface area (Å²) in [6.45, 7) is -2.94. The van der Waals surface area contributed by atoms with E-state index in [1.54, 1.807) is 36.4 Å². The van der Waals surface area contributed by atoms with E-state index in [0.717, 1.165) is 11.8 Å². The fraction of sp³-hybridized carbons (Fsp3) is 0.136. The third-order valence-corrected chi connectivity index (χ3v) is 6.02. The molecule has 1 N–H and O–H groups in total. The van der Waals surface area contributed by atoms with Crippen LogP contribution in [0.25, 0.3) is 0 Å². The van der Waals surface area contributed by atoms with Gasteiger partial charge in [-0.1, -0.05) is 54.1 Å². The van der Waals surface area contributed by atoms with Crippen LogP contribution < -0.4 is 10.1 Å². The predicted molar refractivity (Wildman–Crippen MR) is 113 cm³/mol. The minimum atomic E-state index is -3.62. The molecule has 3 aromatic carbocycles. The lowest BCUT2D eigenvalue weighted by Gasteiger charge is -2.20. The molecule has 0 saturated heterocycles. The van der Waals surface area contributed by atoms with Crippen LogP contribution in [0.15, 0.2) is 77.7 Å². The maximum atomic E-state index is 12.9. The van der Waals surface area contributed by atoms with Crippen LogP contribution >= 0.6 is 11.6 Å². The molecule has 0 fully saturated rings. The number of sulfone groups is 1. The Morgan fingerprint density at radius 1 is 0.968 bits per heavy atom. The van der Waals surface area contributed by atoms with E-state index in [1.165, 1.54) is 30.3 Å². The molecule has 3 aromatic rings. The second-order valence-electron chi connectivity index (χ2n) is 6.68. The average molecular weight is 466 g/mol. The van der Waals surface area contributed by atoms with Gasteiger partial charge in [-0.25, -0.2) is 8.42 Å². The molecule has 9 heteroatoms. The molecule has 162 valence electrons. The van der Waals surface area contributed by atoms with Gasteiger partial charge in [-0.2, -0.15) is 8.78 Å². The Balaban J connectivity index is 1.94. The largest absolute Gasteiger partial charge is 0.435 e. The molecule has 31 heavy (non-hydrogen) atoms. The van der Waals surface area contributed by atoms with Crippen LogP contribution in [0.5, 0.6) is 5.75 Å². The number of carbonyl (C=O) groups is 1. The Morgan fingerprint density at radius 2 is 1.58 bits per heavy atom. The van der Waals surface area contributed by atoms with Crippen LogP contribution in [0.4, 0.5) is 8.78 Å². The number of hydrogen-bond donors (Lipinski definition) is 1. The molecular weight excluding hydrogens is 448 g/mol. The van der Waals surface area contributed by atoms with E-state index in [1.807, 2.05) is 6.07 Å². The summed E-state index contributed by atoms with van der Waals surface area (Å²) in [6, 6.07) is 18.3. The van der Waals surface area contributed by atoms with Crippen molar-refractivity contribution in [1.29, 1.82) is 0 Å². The predicted octanol–water partition coefficient (Wildman–Crippen LogP) is 4.86. The van der Waals surface area contributed by atoms with Gasteiger partial charge in [-0.15, -0.1) is 0 Å². The van der Waals surface area contributed by atoms with Gasteiger partial charge in [0.25, 0.3) is 5.91 Å². The van der Waals surface area contributed by atoms with Crippen molar-refractivity contribution >= 4 is 27.3 Å². The third kappa shape index (κ3) is 5.80. The maximum absolute atomic E-state index is 12.9. The van der Waals surface area contributed by atoms with Crippen molar-refractivity contribution in [2.75, 3.05) is 6.26 Å². The van der Waals surface area contributed by atoms with Crippen molar-refractivity contribution in [3.05, 3.63) is 94.5 Å². The van der Waals surface area contributed by atoms with Gasteiger partial charge in [-0.3, -0.25) is 4.79 Å². The molecule has 0 spiro atoms. The smallest absolute Gasteiger partial charge is 0.387 e. The van der Waals surface area contributed by atoms with Gasteiger partial charge in [-0.05, 0) is 41.5 Å². The lowest BCUT2D eigenvalue weighted by Crippen LogP contribution is -2.29. The van der Waals surface area contributed by atoms with Crippen LogP contribution in [0.1, 0.15) is 27.5 Å². The molecule has 0 aromatic heterocycles. The quantitative estimate of drug-likeness (QED) is 0.540. The summed E-state index contributed by atoms with van der Waals surface area (Å²) in [7, 11) is -3.62. The Bertz CT molecular complexity index is 1170. The second kappa shape index (κ2) is 9.45. The van der Waals surface area contributed by atoms with Gasteiger partial charge in [0.2, 0.25) is 0 Å². The normalized spacial score (nSPS) is 12.4. The van der Waals surface area contributed by atoms with E-state index in [2.05, 4.69) is 10.1 Å². The highest BCUT2D eigenvalue weighted by Gasteiger charge is 2.21. The van der Waals surface area contributed by atoms with Gasteiger partial charge in [0.05, 0.1) is 16.0 Å². The first kappa shape index (κ1) is 22.7. The van der Waals surface area contributed by atoms with Crippen LogP contribution in [-0.2, 0) is 9.84 Å². The summed E-state index contributed by atoms with van der Waals surface area (Å²) in [4.78, 5) is 12.8. The summed E-state index contributed by atoms with van der Waals surface area (Å²) in [6.07, 6.45) is 1.01. The zero-order chi connectivity index (χ0) is 22.6. The fourth-order valence-electron chi connectivity index (χ4n) is 2.99. The van der Waals surface area contributed by atoms with E-state index in [-0.39, 0.29) is 21.2 Å². The topological polar surface area (TPSA) is 72.5 Å². The summed E-state index contributed by atoms with van der Waals surface area (Å²) in [5, 5.41) is 2.88. The van der Waals surface area contributed by atoms with Crippen molar-refractivity contribution < 1.29 is 26.7 Å². The SMILES string of the molecule is CS(=O)(=O)c1cc(C(=O)NC(c2ccccc2)c2ccc(OC(F)F)cc2)ccc1Cl. The number of halogens is 3. The van der Waals surface area contributed by atoms with Gasteiger partial charge < -0.3 is 10.1 Å². The van der Waals surface area contributed by atoms with Gasteiger partial charge >= 0.3 is 6.61 Å². The van der Waals surface area contributed by atoms with E-state index in [0.29, 0.717) is 5.56 Å². The number of alkyl halides is 2. The van der Waals surface area contributed by atoms with Crippen LogP contribution in [0.3, 0.4) is 0 Å². The van der Waals surface area contributed by atoms with Gasteiger partial charge in [0.15, 0.2) is 9.84 Å². The molecule has 1 atom stereocenters. The molecule has 0 aliphatic rings. The number of amides is 1. The molecule has 0 saturated carbocycles. The number of hydrogen-bond acceptors (Lipinski definition) is 4. The number of ether oxygens (including phenoxy) is 1. The van der Waals surface area contributed by atoms with Gasteiger partial charge in [0, 0.05) is 11.8 Å². The highest BCUT2D eigenvalue weighted by molar-refractivity contribution is 7.90. The minimum absolute atomic E-state index is 0.00705. The zero-order valence-corrected chi connectivity index (χ0v) is 17.8. The summed E-state index contributed by atoms with van der Waals surface area (Å²) in [5.74, 6) is -0.532. The molecule has 5 nitrogen and oxygen atoms in total. The Morgan fingerprint density at radius 3 is 2.16 bits per heavy atom. The van der Waals surface area contributed by atoms with E-state index < -0.39 is 28.4 Å². The monoisotopic (exact) mass is 465 g/mol. The third-order valence-electron chi connectivity index (χ3n) is 4.44. The molecule has 0 heterocycles. The highest BCUT2D eigenvalue weighted by atomic mass is 35.5. The maximum Gasteiger partial charge on any atom is 0.387 e. The lowest BCUT2D eigenvalue weighted by atomic mass is 9.98. The number of carbonyl (C=O) groups excluding carboxylic acids is 1. The van der Waals surface area contributed by atoms with Crippen molar-refractivity contribution in [2.45, 2.75) is 17.5 Å². The first-order chi connectivity index (χ1) is 14.6. The second-order valence-corrected chi connectivity index (χ2v) is 9.07. The van der Waals surface area contributed by atoms with Crippen molar-refractivity contribution in [3.8, 4) is 5.75 Å². The highest BCUT2D eigenvalue weighted by Crippen LogP contribution is 2.27. The van der Waals surface area contributed by atoms with Crippen LogP contribution in [0.2, 0.25) is 5.02 Å². The number of nitrogens with one attached hydrogen (secondary N) is 1. The van der Waals surface area contributed by atoms with Crippen molar-refractivity contribution in [1.82, 2.24) is 5.32 Å². The van der Waals surface area contributed by atoms with E-state index in [9.17, 15) is 22.0 Å². The Labute approximate surface area is 183 Å². The Hall–Kier alpha value is -2.97. The van der Waals surface area contributed by atoms with Crippen LogP contribution in [-0.4, -0.2) is 27.2 Å². The molecule has 0 radical (unpaired) electrons. The van der Waals surface area contributed by atoms with Crippen molar-refractivity contribution in [2.24, 2.45) is 0 Å². The zero-order valence-electron chi connectivity index (χ0n) is 16.3. The van der Waals surface area contributed by atoms with Crippen LogP contribution in [0, 0.1) is 0 Å². The fourth-order valence-corrected chi connectivity index (χ4v) is 4.29. The molecular formula is C22H18ClF2NO4S. The summed E-state index contributed by atoms with van der Waals surface area (Å²) >= 11 is 5.96. The molecule has 0 aliphatic heterocycles. The summed E-state index contributed by atoms with van der Waals surface area (Å²) < 4.78 is 53.0. The van der Waals surface area contributed by atoms with E-state index >= 15 is 0 Å². The van der Waals surface area contributed by atoms with E-state index in [4.69, 9.17) is 11.6 Å². The molecule has 0 bridgehead atoms. The first-order valence-corrected chi connectivity index (χ1v) is 11.3. The molecule has 1 amide bonds. The van der Waals surface area contributed by atoms with Crippen molar-refractivity contribution in [3.63, 3.8) is 0 Å².